The highest BCUT2D eigenvalue weighted by Gasteiger charge is 2.36. The Morgan fingerprint density at radius 2 is 1.85 bits per heavy atom. The van der Waals surface area contributed by atoms with Gasteiger partial charge in [-0.05, 0) is 44.7 Å². The lowest BCUT2D eigenvalue weighted by molar-refractivity contribution is -0.136. The summed E-state index contributed by atoms with van der Waals surface area (Å²) in [5, 5.41) is 4.37. The molecule has 1 fully saturated rings. The number of pyridine rings is 1. The zero-order chi connectivity index (χ0) is 19.6. The topological polar surface area (TPSA) is 38.7 Å². The van der Waals surface area contributed by atoms with Crippen molar-refractivity contribution in [1.82, 2.24) is 4.68 Å². The number of aryl methyl sites for hydroxylation is 1. The molecule has 1 aromatic carbocycles. The van der Waals surface area contributed by atoms with Crippen LogP contribution in [0, 0.1) is 13.5 Å². The van der Waals surface area contributed by atoms with Gasteiger partial charge in [0.1, 0.15) is 0 Å². The Bertz CT molecular complexity index is 989. The van der Waals surface area contributed by atoms with E-state index in [-0.39, 0.29) is 5.69 Å². The van der Waals surface area contributed by atoms with E-state index in [0.717, 1.165) is 41.3 Å². The summed E-state index contributed by atoms with van der Waals surface area (Å²) in [6, 6.07) is 7.72. The number of hydrogen-bond acceptors (Lipinski definition) is 2. The van der Waals surface area contributed by atoms with Gasteiger partial charge in [0.25, 0.3) is 11.2 Å². The lowest BCUT2D eigenvalue weighted by Gasteiger charge is -2.17. The minimum absolute atomic E-state index is 0.0431. The summed E-state index contributed by atoms with van der Waals surface area (Å²) in [5.74, 6) is 0. The van der Waals surface area contributed by atoms with Crippen LogP contribution in [0.3, 0.4) is 0 Å². The van der Waals surface area contributed by atoms with Crippen molar-refractivity contribution >= 4 is 11.4 Å². The molecule has 3 rings (SSSR count). The Morgan fingerprint density at radius 3 is 2.44 bits per heavy atom. The van der Waals surface area contributed by atoms with Gasteiger partial charge < -0.3 is 0 Å². The number of benzene rings is 1. The first-order valence-corrected chi connectivity index (χ1v) is 8.69. The molecule has 1 aliphatic rings. The number of nitrogens with zero attached hydrogens (tertiary/aromatic N) is 3. The molecule has 7 heteroatoms. The Labute approximate surface area is 154 Å². The second-order valence-corrected chi connectivity index (χ2v) is 6.61. The first-order valence-electron chi connectivity index (χ1n) is 8.69. The second-order valence-electron chi connectivity index (χ2n) is 6.61. The zero-order valence-electron chi connectivity index (χ0n) is 14.8. The molecule has 0 unspecified atom stereocenters. The molecule has 0 amide bonds. The van der Waals surface area contributed by atoms with E-state index in [4.69, 9.17) is 6.57 Å². The maximum Gasteiger partial charge on any atom is 0.407 e. The molecule has 1 heterocycles. The van der Waals surface area contributed by atoms with Crippen molar-refractivity contribution in [2.45, 2.75) is 45.2 Å². The van der Waals surface area contributed by atoms with Crippen LogP contribution in [-0.4, -0.2) is 10.4 Å². The average Bonchev–Trinajstić information content (AvgIpc) is 2.63. The maximum absolute atomic E-state index is 13.5. The van der Waals surface area contributed by atoms with Gasteiger partial charge >= 0.3 is 6.18 Å². The van der Waals surface area contributed by atoms with Crippen LogP contribution < -0.4 is 5.56 Å². The molecule has 0 saturated heterocycles. The van der Waals surface area contributed by atoms with Crippen LogP contribution in [-0.2, 0) is 6.18 Å². The Morgan fingerprint density at radius 1 is 1.15 bits per heavy atom. The molecule has 0 spiro atoms. The fourth-order valence-electron chi connectivity index (χ4n) is 3.23. The molecule has 0 bridgehead atoms. The van der Waals surface area contributed by atoms with Gasteiger partial charge in [0, 0.05) is 11.3 Å². The predicted octanol–water partition coefficient (Wildman–Crippen LogP) is 5.56. The third-order valence-corrected chi connectivity index (χ3v) is 4.56. The molecule has 0 radical (unpaired) electrons. The quantitative estimate of drug-likeness (QED) is 0.635. The van der Waals surface area contributed by atoms with Crippen LogP contribution in [0.2, 0.25) is 0 Å². The molecular weight excluding hydrogens is 355 g/mol. The minimum Gasteiger partial charge on any atom is -0.281 e. The molecule has 27 heavy (non-hydrogen) atoms. The highest BCUT2D eigenvalue weighted by Crippen LogP contribution is 2.37. The monoisotopic (exact) mass is 373 g/mol. The Hall–Kier alpha value is -2.88. The van der Waals surface area contributed by atoms with E-state index in [0.29, 0.717) is 18.4 Å². The zero-order valence-corrected chi connectivity index (χ0v) is 14.8. The maximum atomic E-state index is 13.5. The first-order chi connectivity index (χ1) is 12.8. The number of aromatic nitrogens is 1. The molecule has 0 aliphatic heterocycles. The van der Waals surface area contributed by atoms with Gasteiger partial charge in [-0.2, -0.15) is 18.3 Å². The summed E-state index contributed by atoms with van der Waals surface area (Å²) in [6.45, 7) is 8.91. The normalized spacial score (nSPS) is 14.7. The van der Waals surface area contributed by atoms with Crippen LogP contribution in [0.1, 0.15) is 43.2 Å². The third-order valence-electron chi connectivity index (χ3n) is 4.56. The predicted molar refractivity (Wildman–Crippen MR) is 98.1 cm³/mol. The van der Waals surface area contributed by atoms with Crippen molar-refractivity contribution in [2.24, 2.45) is 5.10 Å². The number of hydrogen-bond donors (Lipinski definition) is 0. The van der Waals surface area contributed by atoms with Gasteiger partial charge in [0.2, 0.25) is 0 Å². The van der Waals surface area contributed by atoms with Gasteiger partial charge in [0.05, 0.1) is 17.8 Å². The van der Waals surface area contributed by atoms with Crippen LogP contribution in [0.25, 0.3) is 16.1 Å². The van der Waals surface area contributed by atoms with Gasteiger partial charge in [-0.1, -0.05) is 30.2 Å². The van der Waals surface area contributed by atoms with Gasteiger partial charge in [-0.3, -0.25) is 4.79 Å². The molecule has 0 atom stereocenters. The fourth-order valence-corrected chi connectivity index (χ4v) is 3.23. The van der Waals surface area contributed by atoms with Crippen molar-refractivity contribution in [3.8, 4) is 11.3 Å². The number of halogens is 3. The van der Waals surface area contributed by atoms with Crippen molar-refractivity contribution < 1.29 is 13.2 Å². The molecule has 1 saturated carbocycles. The van der Waals surface area contributed by atoms with E-state index in [2.05, 4.69) is 9.95 Å². The lowest BCUT2D eigenvalue weighted by atomic mass is 9.99. The van der Waals surface area contributed by atoms with Crippen molar-refractivity contribution in [1.29, 1.82) is 0 Å². The van der Waals surface area contributed by atoms with E-state index in [9.17, 15) is 18.0 Å². The van der Waals surface area contributed by atoms with E-state index in [1.807, 2.05) is 13.0 Å². The van der Waals surface area contributed by atoms with Crippen LogP contribution in [0.4, 0.5) is 18.9 Å². The fraction of sp³-hybridized carbons (Fsp3) is 0.350. The van der Waals surface area contributed by atoms with E-state index in [1.165, 1.54) is 0 Å². The van der Waals surface area contributed by atoms with Crippen LogP contribution >= 0.6 is 0 Å². The molecular formula is C20H18F3N3O. The van der Waals surface area contributed by atoms with E-state index >= 15 is 0 Å². The Kier molecular flexibility index (Phi) is 5.17. The summed E-state index contributed by atoms with van der Waals surface area (Å²) in [7, 11) is 0. The van der Waals surface area contributed by atoms with Gasteiger partial charge in [-0.25, -0.2) is 9.52 Å². The van der Waals surface area contributed by atoms with Crippen LogP contribution in [0.15, 0.2) is 40.2 Å². The van der Waals surface area contributed by atoms with Gasteiger partial charge in [-0.15, -0.1) is 0 Å². The Balaban J connectivity index is 2.33. The SMILES string of the molecule is [C-]#[N+]c1c(C(F)(F)F)cc(-c2cccc(C)c2)n(N=C2CCCCC2)c1=O. The molecule has 4 nitrogen and oxygen atoms in total. The third kappa shape index (κ3) is 3.95. The summed E-state index contributed by atoms with van der Waals surface area (Å²) >= 11 is 0. The van der Waals surface area contributed by atoms with E-state index in [1.54, 1.807) is 18.2 Å². The number of alkyl halides is 3. The second kappa shape index (κ2) is 7.39. The average molecular weight is 373 g/mol. The molecule has 140 valence electrons. The van der Waals surface area contributed by atoms with Crippen LogP contribution in [0.5, 0.6) is 0 Å². The number of rotatable bonds is 2. The lowest BCUT2D eigenvalue weighted by Crippen LogP contribution is -2.23. The summed E-state index contributed by atoms with van der Waals surface area (Å²) in [5.41, 5.74) is -1.09. The molecule has 1 aromatic heterocycles. The summed E-state index contributed by atoms with van der Waals surface area (Å²) in [4.78, 5) is 15.6. The summed E-state index contributed by atoms with van der Waals surface area (Å²) in [6.07, 6.45) is -0.455. The molecule has 1 aliphatic carbocycles. The van der Waals surface area contributed by atoms with Crippen molar-refractivity contribution in [3.63, 3.8) is 0 Å². The smallest absolute Gasteiger partial charge is 0.281 e. The summed E-state index contributed by atoms with van der Waals surface area (Å²) < 4.78 is 41.3. The highest BCUT2D eigenvalue weighted by atomic mass is 19.4. The van der Waals surface area contributed by atoms with Gasteiger partial charge in [0.15, 0.2) is 0 Å². The molecule has 0 N–H and O–H groups in total. The molecule has 2 aromatic rings. The first kappa shape index (κ1) is 18.9. The minimum atomic E-state index is -4.80. The highest BCUT2D eigenvalue weighted by molar-refractivity contribution is 5.85. The van der Waals surface area contributed by atoms with Crippen molar-refractivity contribution in [2.75, 3.05) is 0 Å². The van der Waals surface area contributed by atoms with E-state index < -0.39 is 23.0 Å². The standard InChI is InChI=1S/C20H18F3N3O/c1-13-7-6-8-14(11-13)17-12-16(20(21,22)23)18(24-2)19(27)26(17)25-15-9-4-3-5-10-15/h6-8,11-12H,3-5,9-10H2,1H3. The largest absolute Gasteiger partial charge is 0.407 e. The van der Waals surface area contributed by atoms with Crippen molar-refractivity contribution in [3.05, 3.63) is 63.2 Å².